The highest BCUT2D eigenvalue weighted by Crippen LogP contribution is 2.23. The molecule has 0 fully saturated rings. The Kier molecular flexibility index (Phi) is 3.25. The summed E-state index contributed by atoms with van der Waals surface area (Å²) in [5.74, 6) is 1.29. The van der Waals surface area contributed by atoms with E-state index in [1.54, 1.807) is 12.1 Å². The molecule has 2 aromatic carbocycles. The average Bonchev–Trinajstić information content (AvgIpc) is 2.80. The first kappa shape index (κ1) is 12.2. The van der Waals surface area contributed by atoms with Gasteiger partial charge in [0.05, 0.1) is 13.2 Å². The summed E-state index contributed by atoms with van der Waals surface area (Å²) in [6.45, 7) is 0.407. The minimum atomic E-state index is -0.873. The van der Waals surface area contributed by atoms with Crippen LogP contribution in [0.25, 0.3) is 0 Å². The highest BCUT2D eigenvalue weighted by Gasteiger charge is 2.27. The molecule has 0 saturated heterocycles. The first-order chi connectivity index (χ1) is 9.26. The number of ether oxygens (including phenoxy) is 1. The van der Waals surface area contributed by atoms with E-state index >= 15 is 0 Å². The largest absolute Gasteiger partial charge is 0.491 e. The van der Waals surface area contributed by atoms with Crippen LogP contribution in [0.2, 0.25) is 0 Å². The molecule has 96 valence electrons. The van der Waals surface area contributed by atoms with E-state index in [-0.39, 0.29) is 6.61 Å². The number of hydrogen-bond acceptors (Lipinski definition) is 4. The molecule has 2 aromatic rings. The second-order valence-corrected chi connectivity index (χ2v) is 4.43. The molecule has 1 aliphatic rings. The van der Waals surface area contributed by atoms with E-state index in [0.29, 0.717) is 18.1 Å². The van der Waals surface area contributed by atoms with Crippen LogP contribution in [0.1, 0.15) is 11.1 Å². The Balaban J connectivity index is 1.85. The zero-order valence-corrected chi connectivity index (χ0v) is 10.2. The Morgan fingerprint density at radius 1 is 1.16 bits per heavy atom. The van der Waals surface area contributed by atoms with Gasteiger partial charge in [0.1, 0.15) is 11.5 Å². The molecule has 3 rings (SSSR count). The van der Waals surface area contributed by atoms with Gasteiger partial charge >= 0.3 is 7.12 Å². The summed E-state index contributed by atoms with van der Waals surface area (Å²) in [7, 11) is -0.873. The number of hydrogen-bond donors (Lipinski definition) is 2. The minimum absolute atomic E-state index is 0.0199. The van der Waals surface area contributed by atoms with Crippen LogP contribution in [0.4, 0.5) is 0 Å². The van der Waals surface area contributed by atoms with Gasteiger partial charge in [0.2, 0.25) is 0 Å². The predicted octanol–water partition coefficient (Wildman–Crippen LogP) is 1.19. The third kappa shape index (κ3) is 2.49. The molecule has 0 aliphatic carbocycles. The van der Waals surface area contributed by atoms with Crippen LogP contribution in [0.15, 0.2) is 42.5 Å². The van der Waals surface area contributed by atoms with Crippen molar-refractivity contribution < 1.29 is 19.5 Å². The average molecular weight is 256 g/mol. The molecule has 0 radical (unpaired) electrons. The number of aliphatic hydroxyl groups excluding tert-OH is 1. The number of aliphatic hydroxyl groups is 1. The van der Waals surface area contributed by atoms with Gasteiger partial charge in [-0.3, -0.25) is 0 Å². The lowest BCUT2D eigenvalue weighted by molar-refractivity contribution is 0.275. The fraction of sp³-hybridized carbons (Fsp3) is 0.143. The Hall–Kier alpha value is -1.82. The molecule has 5 heteroatoms. The predicted molar refractivity (Wildman–Crippen MR) is 71.3 cm³/mol. The van der Waals surface area contributed by atoms with Crippen molar-refractivity contribution in [2.24, 2.45) is 0 Å². The van der Waals surface area contributed by atoms with Gasteiger partial charge in [-0.05, 0) is 40.9 Å². The quantitative estimate of drug-likeness (QED) is 0.810. The van der Waals surface area contributed by atoms with E-state index in [0.717, 1.165) is 16.6 Å². The molecule has 1 heterocycles. The van der Waals surface area contributed by atoms with Crippen molar-refractivity contribution in [2.45, 2.75) is 13.2 Å². The molecule has 4 nitrogen and oxygen atoms in total. The van der Waals surface area contributed by atoms with Crippen LogP contribution in [0.5, 0.6) is 11.5 Å². The topological polar surface area (TPSA) is 58.9 Å². The van der Waals surface area contributed by atoms with Gasteiger partial charge in [0, 0.05) is 0 Å². The van der Waals surface area contributed by atoms with Crippen LogP contribution in [0.3, 0.4) is 0 Å². The lowest BCUT2D eigenvalue weighted by Gasteiger charge is -2.08. The standard InChI is InChI=1S/C14H13BO4/c16-8-10-2-1-3-12(6-10)19-13-5-4-11-9-18-15(17)14(11)7-13/h1-7,16-17H,8-9H2. The third-order valence-corrected chi connectivity index (χ3v) is 3.10. The van der Waals surface area contributed by atoms with Gasteiger partial charge in [-0.2, -0.15) is 0 Å². The SMILES string of the molecule is OCc1cccc(Oc2ccc3c(c2)B(O)OC3)c1. The molecule has 0 bridgehead atoms. The minimum Gasteiger partial charge on any atom is -0.457 e. The zero-order valence-electron chi connectivity index (χ0n) is 10.2. The van der Waals surface area contributed by atoms with Gasteiger partial charge in [0.25, 0.3) is 0 Å². The maximum Gasteiger partial charge on any atom is 0.491 e. The maximum absolute atomic E-state index is 9.64. The smallest absolute Gasteiger partial charge is 0.457 e. The van der Waals surface area contributed by atoms with Gasteiger partial charge < -0.3 is 19.5 Å². The third-order valence-electron chi connectivity index (χ3n) is 3.10. The van der Waals surface area contributed by atoms with Crippen LogP contribution in [0, 0.1) is 0 Å². The van der Waals surface area contributed by atoms with Crippen molar-refractivity contribution >= 4 is 12.6 Å². The van der Waals surface area contributed by atoms with Crippen LogP contribution < -0.4 is 10.2 Å². The molecule has 1 aliphatic heterocycles. The molecule has 19 heavy (non-hydrogen) atoms. The maximum atomic E-state index is 9.64. The van der Waals surface area contributed by atoms with Crippen LogP contribution in [-0.2, 0) is 17.9 Å². The molecule has 0 atom stereocenters. The van der Waals surface area contributed by atoms with Gasteiger partial charge in [0.15, 0.2) is 0 Å². The molecular formula is C14H13BO4. The highest BCUT2D eigenvalue weighted by atomic mass is 16.5. The van der Waals surface area contributed by atoms with Crippen LogP contribution >= 0.6 is 0 Å². The monoisotopic (exact) mass is 256 g/mol. The molecule has 0 spiro atoms. The Morgan fingerprint density at radius 3 is 2.84 bits per heavy atom. The van der Waals surface area contributed by atoms with E-state index in [4.69, 9.17) is 14.5 Å². The Bertz CT molecular complexity index is 600. The summed E-state index contributed by atoms with van der Waals surface area (Å²) in [6.07, 6.45) is 0. The van der Waals surface area contributed by atoms with E-state index in [1.807, 2.05) is 30.3 Å². The molecule has 2 N–H and O–H groups in total. The van der Waals surface area contributed by atoms with Crippen molar-refractivity contribution in [3.63, 3.8) is 0 Å². The van der Waals surface area contributed by atoms with Gasteiger partial charge in [-0.15, -0.1) is 0 Å². The van der Waals surface area contributed by atoms with Crippen molar-refractivity contribution in [3.05, 3.63) is 53.6 Å². The Morgan fingerprint density at radius 2 is 2.00 bits per heavy atom. The fourth-order valence-electron chi connectivity index (χ4n) is 2.10. The van der Waals surface area contributed by atoms with Gasteiger partial charge in [-0.1, -0.05) is 18.2 Å². The van der Waals surface area contributed by atoms with E-state index < -0.39 is 7.12 Å². The molecule has 0 saturated carbocycles. The lowest BCUT2D eigenvalue weighted by Crippen LogP contribution is -2.27. The summed E-state index contributed by atoms with van der Waals surface area (Å²) in [4.78, 5) is 0. The lowest BCUT2D eigenvalue weighted by atomic mass is 9.79. The second-order valence-electron chi connectivity index (χ2n) is 4.43. The molecule has 0 amide bonds. The van der Waals surface area contributed by atoms with Gasteiger partial charge in [-0.25, -0.2) is 0 Å². The van der Waals surface area contributed by atoms with Crippen molar-refractivity contribution in [1.82, 2.24) is 0 Å². The van der Waals surface area contributed by atoms with E-state index in [9.17, 15) is 5.02 Å². The molecular weight excluding hydrogens is 243 g/mol. The number of rotatable bonds is 3. The normalized spacial score (nSPS) is 13.5. The summed E-state index contributed by atoms with van der Waals surface area (Å²) in [6, 6.07) is 12.8. The summed E-state index contributed by atoms with van der Waals surface area (Å²) >= 11 is 0. The summed E-state index contributed by atoms with van der Waals surface area (Å²) < 4.78 is 10.8. The second kappa shape index (κ2) is 5.05. The zero-order chi connectivity index (χ0) is 13.2. The number of fused-ring (bicyclic) bond motifs is 1. The Labute approximate surface area is 111 Å². The summed E-state index contributed by atoms with van der Waals surface area (Å²) in [5.41, 5.74) is 2.52. The van der Waals surface area contributed by atoms with Crippen molar-refractivity contribution in [3.8, 4) is 11.5 Å². The molecule has 0 unspecified atom stereocenters. The van der Waals surface area contributed by atoms with Crippen LogP contribution in [-0.4, -0.2) is 17.2 Å². The van der Waals surface area contributed by atoms with Crippen molar-refractivity contribution in [2.75, 3.05) is 0 Å². The number of benzene rings is 2. The van der Waals surface area contributed by atoms with E-state index in [1.165, 1.54) is 0 Å². The first-order valence-electron chi connectivity index (χ1n) is 6.06. The highest BCUT2D eigenvalue weighted by molar-refractivity contribution is 6.61. The summed E-state index contributed by atoms with van der Waals surface area (Å²) in [5, 5.41) is 18.7. The fourth-order valence-corrected chi connectivity index (χ4v) is 2.10. The van der Waals surface area contributed by atoms with Crippen molar-refractivity contribution in [1.29, 1.82) is 0 Å². The first-order valence-corrected chi connectivity index (χ1v) is 6.06. The molecule has 0 aromatic heterocycles. The van der Waals surface area contributed by atoms with E-state index in [2.05, 4.69) is 0 Å².